The summed E-state index contributed by atoms with van der Waals surface area (Å²) in [4.78, 5) is 25.0. The summed E-state index contributed by atoms with van der Waals surface area (Å²) >= 11 is 0. The van der Waals surface area contributed by atoms with E-state index in [2.05, 4.69) is 5.32 Å². The Hall–Kier alpha value is -2.32. The third-order valence-corrected chi connectivity index (χ3v) is 4.78. The molecule has 1 aliphatic heterocycles. The summed E-state index contributed by atoms with van der Waals surface area (Å²) < 4.78 is 16.3. The van der Waals surface area contributed by atoms with E-state index in [1.54, 1.807) is 31.9 Å². The van der Waals surface area contributed by atoms with E-state index in [0.29, 0.717) is 57.3 Å². The molecule has 0 unspecified atom stereocenters. The van der Waals surface area contributed by atoms with Crippen LogP contribution in [0.4, 0.5) is 0 Å². The Balaban J connectivity index is 1.83. The molecule has 8 nitrogen and oxygen atoms in total. The van der Waals surface area contributed by atoms with Crippen LogP contribution in [-0.2, 0) is 20.9 Å². The molecule has 0 aliphatic carbocycles. The Morgan fingerprint density at radius 3 is 2.61 bits per heavy atom. The average Bonchev–Trinajstić information content (AvgIpc) is 2.70. The maximum atomic E-state index is 12.2. The number of hydrogen-bond donors (Lipinski definition) is 2. The van der Waals surface area contributed by atoms with Crippen molar-refractivity contribution < 1.29 is 28.9 Å². The number of aliphatic carboxylic acids is 1. The number of rotatable bonds is 10. The summed E-state index contributed by atoms with van der Waals surface area (Å²) in [6, 6.07) is 5.53. The lowest BCUT2D eigenvalue weighted by Gasteiger charge is -2.26. The molecule has 0 radical (unpaired) electrons. The van der Waals surface area contributed by atoms with Gasteiger partial charge in [-0.1, -0.05) is 6.07 Å². The summed E-state index contributed by atoms with van der Waals surface area (Å²) in [6.45, 7) is 6.84. The molecule has 1 aromatic carbocycles. The number of carbonyl (C=O) groups excluding carboxylic acids is 1. The molecule has 1 aromatic rings. The first-order valence-electron chi connectivity index (χ1n) is 9.43. The highest BCUT2D eigenvalue weighted by atomic mass is 16.5. The van der Waals surface area contributed by atoms with Gasteiger partial charge in [-0.2, -0.15) is 0 Å². The van der Waals surface area contributed by atoms with Crippen molar-refractivity contribution in [3.05, 3.63) is 23.8 Å². The minimum Gasteiger partial charge on any atom is -0.493 e. The van der Waals surface area contributed by atoms with Crippen LogP contribution in [-0.4, -0.2) is 68.4 Å². The van der Waals surface area contributed by atoms with Gasteiger partial charge in [0.05, 0.1) is 25.7 Å². The van der Waals surface area contributed by atoms with Crippen molar-refractivity contribution >= 4 is 11.9 Å². The van der Waals surface area contributed by atoms with Crippen molar-refractivity contribution in [2.24, 2.45) is 5.41 Å². The summed E-state index contributed by atoms with van der Waals surface area (Å²) in [5, 5.41) is 12.4. The first kappa shape index (κ1) is 22.0. The van der Waals surface area contributed by atoms with Gasteiger partial charge in [-0.05, 0) is 44.5 Å². The summed E-state index contributed by atoms with van der Waals surface area (Å²) in [6.07, 6.45) is 0.532. The van der Waals surface area contributed by atoms with E-state index in [-0.39, 0.29) is 12.5 Å². The highest BCUT2D eigenvalue weighted by molar-refractivity contribution is 5.78. The first-order valence-corrected chi connectivity index (χ1v) is 9.43. The molecule has 28 heavy (non-hydrogen) atoms. The first-order chi connectivity index (χ1) is 13.3. The van der Waals surface area contributed by atoms with E-state index in [9.17, 15) is 9.59 Å². The molecule has 0 atom stereocenters. The topological polar surface area (TPSA) is 97.3 Å². The lowest BCUT2D eigenvalue weighted by Crippen LogP contribution is -2.43. The summed E-state index contributed by atoms with van der Waals surface area (Å²) in [5.74, 6) is 0.195. The van der Waals surface area contributed by atoms with Gasteiger partial charge in [-0.25, -0.2) is 0 Å². The molecule has 8 heteroatoms. The molecule has 1 aliphatic rings. The molecular weight excluding hydrogens is 364 g/mol. The fraction of sp³-hybridized carbons (Fsp3) is 0.600. The fourth-order valence-electron chi connectivity index (χ4n) is 2.73. The maximum Gasteiger partial charge on any atom is 0.309 e. The van der Waals surface area contributed by atoms with Crippen LogP contribution in [0.2, 0.25) is 0 Å². The molecule has 1 saturated heterocycles. The predicted octanol–water partition coefficient (Wildman–Crippen LogP) is 1.52. The maximum absolute atomic E-state index is 12.2. The second-order valence-corrected chi connectivity index (χ2v) is 7.38. The molecule has 1 amide bonds. The molecule has 0 spiro atoms. The number of carboxylic acid groups (broad SMARTS) is 1. The lowest BCUT2D eigenvalue weighted by molar-refractivity contribution is -0.147. The van der Waals surface area contributed by atoms with Gasteiger partial charge >= 0.3 is 5.97 Å². The zero-order valence-electron chi connectivity index (χ0n) is 16.8. The van der Waals surface area contributed by atoms with Gasteiger partial charge in [0.25, 0.3) is 5.91 Å². The Labute approximate surface area is 165 Å². The largest absolute Gasteiger partial charge is 0.493 e. The van der Waals surface area contributed by atoms with Gasteiger partial charge < -0.3 is 29.5 Å². The molecule has 2 N–H and O–H groups in total. The van der Waals surface area contributed by atoms with Crippen molar-refractivity contribution in [2.75, 3.05) is 46.6 Å². The normalized spacial score (nSPS) is 14.6. The van der Waals surface area contributed by atoms with Crippen molar-refractivity contribution in [3.8, 4) is 11.5 Å². The van der Waals surface area contributed by atoms with Crippen molar-refractivity contribution in [1.29, 1.82) is 0 Å². The van der Waals surface area contributed by atoms with E-state index in [0.717, 1.165) is 5.56 Å². The van der Waals surface area contributed by atoms with Crippen molar-refractivity contribution in [3.63, 3.8) is 0 Å². The highest BCUT2D eigenvalue weighted by Gasteiger charge is 2.26. The van der Waals surface area contributed by atoms with Crippen LogP contribution in [0.3, 0.4) is 0 Å². The summed E-state index contributed by atoms with van der Waals surface area (Å²) in [7, 11) is 1.55. The van der Waals surface area contributed by atoms with Gasteiger partial charge in [0, 0.05) is 19.6 Å². The minimum atomic E-state index is -0.802. The van der Waals surface area contributed by atoms with Gasteiger partial charge in [-0.3, -0.25) is 9.59 Å². The Bertz CT molecular complexity index is 671. The van der Waals surface area contributed by atoms with Crippen LogP contribution in [0.25, 0.3) is 0 Å². The van der Waals surface area contributed by atoms with E-state index < -0.39 is 11.4 Å². The quantitative estimate of drug-likeness (QED) is 0.581. The second-order valence-electron chi connectivity index (χ2n) is 7.38. The number of carbonyl (C=O) groups is 2. The second kappa shape index (κ2) is 10.3. The molecule has 0 aromatic heterocycles. The Morgan fingerprint density at radius 1 is 1.25 bits per heavy atom. The zero-order valence-corrected chi connectivity index (χ0v) is 16.8. The van der Waals surface area contributed by atoms with Crippen LogP contribution >= 0.6 is 0 Å². The third-order valence-electron chi connectivity index (χ3n) is 4.78. The predicted molar refractivity (Wildman–Crippen MR) is 104 cm³/mol. The number of ether oxygens (including phenoxy) is 3. The lowest BCUT2D eigenvalue weighted by atomic mass is 9.90. The fourth-order valence-corrected chi connectivity index (χ4v) is 2.73. The third kappa shape index (κ3) is 6.38. The molecule has 1 heterocycles. The molecule has 0 saturated carbocycles. The van der Waals surface area contributed by atoms with E-state index in [4.69, 9.17) is 19.3 Å². The van der Waals surface area contributed by atoms with Crippen LogP contribution in [0.1, 0.15) is 25.8 Å². The number of nitrogens with one attached hydrogen (secondary N) is 1. The average molecular weight is 394 g/mol. The van der Waals surface area contributed by atoms with Gasteiger partial charge in [0.2, 0.25) is 0 Å². The van der Waals surface area contributed by atoms with Crippen LogP contribution < -0.4 is 14.8 Å². The molecule has 0 bridgehead atoms. The number of benzene rings is 1. The molecule has 156 valence electrons. The Kier molecular flexibility index (Phi) is 8.07. The van der Waals surface area contributed by atoms with E-state index in [1.165, 1.54) is 0 Å². The van der Waals surface area contributed by atoms with Crippen LogP contribution in [0.15, 0.2) is 18.2 Å². The number of nitrogens with zero attached hydrogens (tertiary/aromatic N) is 1. The van der Waals surface area contributed by atoms with Gasteiger partial charge in [0.1, 0.15) is 0 Å². The van der Waals surface area contributed by atoms with E-state index in [1.807, 2.05) is 12.1 Å². The monoisotopic (exact) mass is 394 g/mol. The zero-order chi connectivity index (χ0) is 20.6. The van der Waals surface area contributed by atoms with Crippen molar-refractivity contribution in [2.45, 2.75) is 26.8 Å². The molecule has 2 rings (SSSR count). The standard InChI is InChI=1S/C20H30N2O6/c1-20(2,19(24)25)6-7-21-13-15-4-5-16(17(12-15)26-3)28-14-18(23)22-8-10-27-11-9-22/h4-5,12,21H,6-11,13-14H2,1-3H3,(H,24,25). The summed E-state index contributed by atoms with van der Waals surface area (Å²) in [5.41, 5.74) is 0.229. The van der Waals surface area contributed by atoms with Gasteiger partial charge in [-0.15, -0.1) is 0 Å². The molecule has 1 fully saturated rings. The smallest absolute Gasteiger partial charge is 0.309 e. The number of amides is 1. The van der Waals surface area contributed by atoms with Crippen molar-refractivity contribution in [1.82, 2.24) is 10.2 Å². The highest BCUT2D eigenvalue weighted by Crippen LogP contribution is 2.28. The van der Waals surface area contributed by atoms with Crippen LogP contribution in [0, 0.1) is 5.41 Å². The Morgan fingerprint density at radius 2 is 1.96 bits per heavy atom. The number of hydrogen-bond acceptors (Lipinski definition) is 6. The van der Waals surface area contributed by atoms with Gasteiger partial charge in [0.15, 0.2) is 18.1 Å². The number of carboxylic acids is 1. The van der Waals surface area contributed by atoms with E-state index >= 15 is 0 Å². The number of morpholine rings is 1. The molecular formula is C20H30N2O6. The minimum absolute atomic E-state index is 0.0434. The number of methoxy groups -OCH3 is 1. The SMILES string of the molecule is COc1cc(CNCCC(C)(C)C(=O)O)ccc1OCC(=O)N1CCOCC1. The van der Waals surface area contributed by atoms with Crippen LogP contribution in [0.5, 0.6) is 11.5 Å².